The minimum absolute atomic E-state index is 0.654. The van der Waals surface area contributed by atoms with E-state index in [1.165, 1.54) is 70.9 Å². The number of rotatable bonds is 9. The summed E-state index contributed by atoms with van der Waals surface area (Å²) in [5.41, 5.74) is 0.654. The summed E-state index contributed by atoms with van der Waals surface area (Å²) in [5, 5.41) is 3.67. The number of nitrogens with one attached hydrogen (secondary N) is 1. The van der Waals surface area contributed by atoms with Crippen molar-refractivity contribution in [1.82, 2.24) is 5.32 Å². The third kappa shape index (κ3) is 4.69. The minimum Gasteiger partial charge on any atom is -0.316 e. The molecule has 0 aliphatic heterocycles. The Morgan fingerprint density at radius 3 is 2.56 bits per heavy atom. The van der Waals surface area contributed by atoms with Crippen molar-refractivity contribution in [3.05, 3.63) is 12.7 Å². The quantitative estimate of drug-likeness (QED) is 0.454. The van der Waals surface area contributed by atoms with E-state index in [1.807, 2.05) is 6.08 Å². The Morgan fingerprint density at radius 1 is 1.19 bits per heavy atom. The van der Waals surface area contributed by atoms with E-state index in [-0.39, 0.29) is 0 Å². The van der Waals surface area contributed by atoms with Crippen molar-refractivity contribution in [2.45, 2.75) is 64.7 Å². The molecule has 0 heterocycles. The van der Waals surface area contributed by atoms with Crippen LogP contribution in [0.1, 0.15) is 64.7 Å². The summed E-state index contributed by atoms with van der Waals surface area (Å²) in [6, 6.07) is 0. The van der Waals surface area contributed by atoms with Crippen molar-refractivity contribution < 1.29 is 0 Å². The second kappa shape index (κ2) is 7.89. The molecule has 1 rings (SSSR count). The van der Waals surface area contributed by atoms with Gasteiger partial charge in [0.15, 0.2) is 0 Å². The van der Waals surface area contributed by atoms with E-state index in [0.717, 1.165) is 0 Å². The largest absolute Gasteiger partial charge is 0.316 e. The fraction of sp³-hybridized carbons (Fsp3) is 0.867. The number of hydrogen-bond acceptors (Lipinski definition) is 1. The molecule has 94 valence electrons. The van der Waals surface area contributed by atoms with E-state index < -0.39 is 0 Å². The predicted molar refractivity (Wildman–Crippen MR) is 72.7 cm³/mol. The maximum Gasteiger partial charge on any atom is 0.000770 e. The van der Waals surface area contributed by atoms with Crippen LogP contribution in [0.2, 0.25) is 0 Å². The summed E-state index contributed by atoms with van der Waals surface area (Å²) in [5.74, 6) is 0. The Morgan fingerprint density at radius 2 is 1.94 bits per heavy atom. The van der Waals surface area contributed by atoms with Gasteiger partial charge in [0, 0.05) is 6.54 Å². The summed E-state index contributed by atoms with van der Waals surface area (Å²) < 4.78 is 0. The van der Waals surface area contributed by atoms with Crippen LogP contribution in [0.5, 0.6) is 0 Å². The van der Waals surface area contributed by atoms with E-state index in [0.29, 0.717) is 5.41 Å². The summed E-state index contributed by atoms with van der Waals surface area (Å²) in [6.07, 6.45) is 14.4. The summed E-state index contributed by atoms with van der Waals surface area (Å²) in [6.45, 7) is 8.57. The normalized spacial score (nSPS) is 18.8. The first-order chi connectivity index (χ1) is 7.83. The van der Waals surface area contributed by atoms with Crippen LogP contribution in [-0.4, -0.2) is 13.1 Å². The molecule has 1 nitrogen and oxygen atoms in total. The van der Waals surface area contributed by atoms with Crippen LogP contribution in [0.4, 0.5) is 0 Å². The second-order valence-corrected chi connectivity index (χ2v) is 5.38. The molecule has 0 unspecified atom stereocenters. The van der Waals surface area contributed by atoms with Gasteiger partial charge in [0.25, 0.3) is 0 Å². The molecule has 0 spiro atoms. The summed E-state index contributed by atoms with van der Waals surface area (Å²) >= 11 is 0. The Balaban J connectivity index is 1.99. The molecule has 0 bridgehead atoms. The molecule has 0 radical (unpaired) electrons. The van der Waals surface area contributed by atoms with Crippen molar-refractivity contribution in [3.8, 4) is 0 Å². The fourth-order valence-corrected chi connectivity index (χ4v) is 2.85. The highest BCUT2D eigenvalue weighted by molar-refractivity contribution is 4.85. The van der Waals surface area contributed by atoms with Gasteiger partial charge in [0.1, 0.15) is 0 Å². The van der Waals surface area contributed by atoms with Gasteiger partial charge in [-0.1, -0.05) is 32.3 Å². The van der Waals surface area contributed by atoms with Crippen LogP contribution in [0.25, 0.3) is 0 Å². The zero-order chi connectivity index (χ0) is 11.7. The number of allylic oxidation sites excluding steroid dienone is 1. The highest BCUT2D eigenvalue weighted by Crippen LogP contribution is 2.40. The fourth-order valence-electron chi connectivity index (χ4n) is 2.85. The van der Waals surface area contributed by atoms with E-state index in [9.17, 15) is 0 Å². The van der Waals surface area contributed by atoms with Gasteiger partial charge in [-0.15, -0.1) is 6.58 Å². The third-order valence-corrected chi connectivity index (χ3v) is 4.18. The molecular weight excluding hydrogens is 194 g/mol. The number of hydrogen-bond donors (Lipinski definition) is 1. The lowest BCUT2D eigenvalue weighted by molar-refractivity contribution is 0.268. The molecular formula is C15H29N. The molecule has 0 atom stereocenters. The van der Waals surface area contributed by atoms with Crippen LogP contribution in [-0.2, 0) is 0 Å². The minimum atomic E-state index is 0.654. The molecule has 1 aliphatic carbocycles. The first-order valence-electron chi connectivity index (χ1n) is 7.14. The SMILES string of the molecule is C=CCCCCCNCC1(CC)CCCC1. The van der Waals surface area contributed by atoms with Gasteiger partial charge in [0.2, 0.25) is 0 Å². The Kier molecular flexibility index (Phi) is 6.79. The maximum atomic E-state index is 3.75. The van der Waals surface area contributed by atoms with E-state index in [1.54, 1.807) is 0 Å². The lowest BCUT2D eigenvalue weighted by Crippen LogP contribution is -2.32. The molecule has 16 heavy (non-hydrogen) atoms. The smallest absolute Gasteiger partial charge is 0.000770 e. The molecule has 1 saturated carbocycles. The van der Waals surface area contributed by atoms with Crippen molar-refractivity contribution in [3.63, 3.8) is 0 Å². The van der Waals surface area contributed by atoms with E-state index in [4.69, 9.17) is 0 Å². The molecule has 0 aromatic heterocycles. The second-order valence-electron chi connectivity index (χ2n) is 5.38. The van der Waals surface area contributed by atoms with Crippen LogP contribution in [0, 0.1) is 5.41 Å². The standard InChI is InChI=1S/C15H29N/c1-3-5-6-7-10-13-16-14-15(4-2)11-8-9-12-15/h3,16H,1,4-14H2,2H3. The average molecular weight is 223 g/mol. The lowest BCUT2D eigenvalue weighted by Gasteiger charge is -2.27. The van der Waals surface area contributed by atoms with Crippen LogP contribution in [0.3, 0.4) is 0 Å². The van der Waals surface area contributed by atoms with Gasteiger partial charge in [-0.25, -0.2) is 0 Å². The molecule has 1 N–H and O–H groups in total. The zero-order valence-corrected chi connectivity index (χ0v) is 11.1. The van der Waals surface area contributed by atoms with Crippen LogP contribution in [0.15, 0.2) is 12.7 Å². The Bertz CT molecular complexity index is 180. The van der Waals surface area contributed by atoms with Gasteiger partial charge in [-0.05, 0) is 50.5 Å². The van der Waals surface area contributed by atoms with E-state index in [2.05, 4.69) is 18.8 Å². The summed E-state index contributed by atoms with van der Waals surface area (Å²) in [7, 11) is 0. The molecule has 1 aliphatic rings. The first kappa shape index (κ1) is 13.8. The van der Waals surface area contributed by atoms with Crippen molar-refractivity contribution in [1.29, 1.82) is 0 Å². The van der Waals surface area contributed by atoms with Gasteiger partial charge in [-0.3, -0.25) is 0 Å². The molecule has 1 fully saturated rings. The van der Waals surface area contributed by atoms with Crippen molar-refractivity contribution in [2.75, 3.05) is 13.1 Å². The van der Waals surface area contributed by atoms with Crippen molar-refractivity contribution in [2.24, 2.45) is 5.41 Å². The van der Waals surface area contributed by atoms with Gasteiger partial charge >= 0.3 is 0 Å². The van der Waals surface area contributed by atoms with Crippen LogP contribution < -0.4 is 5.32 Å². The number of unbranched alkanes of at least 4 members (excludes halogenated alkanes) is 3. The van der Waals surface area contributed by atoms with E-state index >= 15 is 0 Å². The Labute approximate surface area is 102 Å². The predicted octanol–water partition coefficient (Wildman–Crippen LogP) is 4.29. The zero-order valence-electron chi connectivity index (χ0n) is 11.1. The maximum absolute atomic E-state index is 3.75. The lowest BCUT2D eigenvalue weighted by atomic mass is 9.83. The molecule has 0 amide bonds. The molecule has 0 aromatic rings. The topological polar surface area (TPSA) is 12.0 Å². The van der Waals surface area contributed by atoms with Gasteiger partial charge < -0.3 is 5.32 Å². The molecule has 1 heteroatoms. The van der Waals surface area contributed by atoms with Gasteiger partial charge in [-0.2, -0.15) is 0 Å². The monoisotopic (exact) mass is 223 g/mol. The third-order valence-electron chi connectivity index (χ3n) is 4.18. The summed E-state index contributed by atoms with van der Waals surface area (Å²) in [4.78, 5) is 0. The van der Waals surface area contributed by atoms with Crippen molar-refractivity contribution >= 4 is 0 Å². The van der Waals surface area contributed by atoms with Crippen LogP contribution >= 0.6 is 0 Å². The molecule has 0 saturated heterocycles. The molecule has 0 aromatic carbocycles. The highest BCUT2D eigenvalue weighted by atomic mass is 14.9. The first-order valence-corrected chi connectivity index (χ1v) is 7.14. The average Bonchev–Trinajstić information content (AvgIpc) is 2.77. The Hall–Kier alpha value is -0.300. The highest BCUT2D eigenvalue weighted by Gasteiger charge is 2.31. The van der Waals surface area contributed by atoms with Gasteiger partial charge in [0.05, 0.1) is 0 Å².